The zero-order chi connectivity index (χ0) is 13.5. The summed E-state index contributed by atoms with van der Waals surface area (Å²) in [6.45, 7) is 3.54. The smallest absolute Gasteiger partial charge is 0.217 e. The second kappa shape index (κ2) is 7.00. The number of aromatic nitrogens is 2. The molecule has 1 aromatic heterocycles. The van der Waals surface area contributed by atoms with Crippen molar-refractivity contribution in [3.05, 3.63) is 11.3 Å². The van der Waals surface area contributed by atoms with Crippen LogP contribution >= 0.6 is 0 Å². The quantitative estimate of drug-likeness (QED) is 0.661. The fourth-order valence-electron chi connectivity index (χ4n) is 1.90. The summed E-state index contributed by atoms with van der Waals surface area (Å²) in [5.41, 5.74) is 7.12. The van der Waals surface area contributed by atoms with E-state index in [1.165, 1.54) is 0 Å². The molecule has 0 atom stereocenters. The molecule has 0 saturated heterocycles. The van der Waals surface area contributed by atoms with Crippen molar-refractivity contribution < 1.29 is 9.53 Å². The number of unbranched alkanes of at least 4 members (excludes halogenated alkanes) is 1. The topological polar surface area (TPSA) is 82.2 Å². The first kappa shape index (κ1) is 14.5. The van der Waals surface area contributed by atoms with Crippen LogP contribution in [-0.2, 0) is 18.4 Å². The first-order valence-electron chi connectivity index (χ1n) is 6.11. The molecular formula is C12H22N4O2. The van der Waals surface area contributed by atoms with Gasteiger partial charge in [-0.05, 0) is 26.3 Å². The summed E-state index contributed by atoms with van der Waals surface area (Å²) in [6, 6.07) is 0. The molecule has 1 amide bonds. The molecule has 0 aliphatic heterocycles. The Morgan fingerprint density at radius 1 is 1.50 bits per heavy atom. The Kier molecular flexibility index (Phi) is 5.64. The second-order valence-electron chi connectivity index (χ2n) is 4.30. The maximum absolute atomic E-state index is 10.6. The fraction of sp³-hybridized carbons (Fsp3) is 0.667. The van der Waals surface area contributed by atoms with Crippen LogP contribution in [0.5, 0.6) is 5.88 Å². The number of ether oxygens (including phenoxy) is 1. The summed E-state index contributed by atoms with van der Waals surface area (Å²) in [6.07, 6.45) is 2.22. The lowest BCUT2D eigenvalue weighted by molar-refractivity contribution is -0.118. The Morgan fingerprint density at radius 2 is 2.22 bits per heavy atom. The number of aryl methyl sites for hydroxylation is 2. The van der Waals surface area contributed by atoms with Crippen LogP contribution in [0.2, 0.25) is 0 Å². The van der Waals surface area contributed by atoms with Crippen LogP contribution in [-0.4, -0.2) is 29.3 Å². The number of hydrogen-bond donors (Lipinski definition) is 2. The van der Waals surface area contributed by atoms with Gasteiger partial charge in [0.05, 0.1) is 18.4 Å². The zero-order valence-corrected chi connectivity index (χ0v) is 11.3. The predicted octanol–water partition coefficient (Wildman–Crippen LogP) is 0.482. The molecule has 102 valence electrons. The summed E-state index contributed by atoms with van der Waals surface area (Å²) < 4.78 is 7.04. The van der Waals surface area contributed by atoms with E-state index in [0.29, 0.717) is 6.42 Å². The van der Waals surface area contributed by atoms with E-state index in [0.717, 1.165) is 43.1 Å². The highest BCUT2D eigenvalue weighted by atomic mass is 16.5. The van der Waals surface area contributed by atoms with Crippen molar-refractivity contribution in [1.29, 1.82) is 0 Å². The molecule has 0 aliphatic carbocycles. The molecular weight excluding hydrogens is 232 g/mol. The van der Waals surface area contributed by atoms with Crippen LogP contribution in [0.25, 0.3) is 0 Å². The SMILES string of the molecule is COc1c(CNCCCCC(N)=O)c(C)nn1C. The first-order valence-corrected chi connectivity index (χ1v) is 6.11. The van der Waals surface area contributed by atoms with E-state index in [1.807, 2.05) is 14.0 Å². The highest BCUT2D eigenvalue weighted by molar-refractivity contribution is 5.73. The van der Waals surface area contributed by atoms with Crippen molar-refractivity contribution in [3.8, 4) is 5.88 Å². The summed E-state index contributed by atoms with van der Waals surface area (Å²) in [7, 11) is 3.51. The fourth-order valence-corrected chi connectivity index (χ4v) is 1.90. The van der Waals surface area contributed by atoms with Crippen LogP contribution in [0.4, 0.5) is 0 Å². The molecule has 0 aromatic carbocycles. The van der Waals surface area contributed by atoms with Crippen LogP contribution in [0.15, 0.2) is 0 Å². The standard InChI is InChI=1S/C12H22N4O2/c1-9-10(12(18-3)16(2)15-9)8-14-7-5-4-6-11(13)17/h14H,4-8H2,1-3H3,(H2,13,17). The number of nitrogens with one attached hydrogen (secondary N) is 1. The van der Waals surface area contributed by atoms with Crippen LogP contribution in [0, 0.1) is 6.92 Å². The van der Waals surface area contributed by atoms with E-state index in [2.05, 4.69) is 10.4 Å². The molecule has 0 fully saturated rings. The zero-order valence-electron chi connectivity index (χ0n) is 11.3. The Hall–Kier alpha value is -1.56. The Morgan fingerprint density at radius 3 is 2.83 bits per heavy atom. The largest absolute Gasteiger partial charge is 0.481 e. The number of methoxy groups -OCH3 is 1. The number of primary amides is 1. The van der Waals surface area contributed by atoms with Crippen LogP contribution in [0.3, 0.4) is 0 Å². The monoisotopic (exact) mass is 254 g/mol. The van der Waals surface area contributed by atoms with Gasteiger partial charge in [-0.2, -0.15) is 5.10 Å². The summed E-state index contributed by atoms with van der Waals surface area (Å²) >= 11 is 0. The van der Waals surface area contributed by atoms with Gasteiger partial charge in [0.15, 0.2) is 0 Å². The lowest BCUT2D eigenvalue weighted by atomic mass is 10.2. The van der Waals surface area contributed by atoms with Gasteiger partial charge in [-0.1, -0.05) is 0 Å². The highest BCUT2D eigenvalue weighted by Crippen LogP contribution is 2.20. The lowest BCUT2D eigenvalue weighted by Crippen LogP contribution is -2.17. The molecule has 1 aromatic rings. The minimum absolute atomic E-state index is 0.236. The maximum atomic E-state index is 10.6. The van der Waals surface area contributed by atoms with Crippen molar-refractivity contribution in [1.82, 2.24) is 15.1 Å². The normalized spacial score (nSPS) is 10.6. The summed E-state index contributed by atoms with van der Waals surface area (Å²) in [5, 5.41) is 7.63. The van der Waals surface area contributed by atoms with Gasteiger partial charge < -0.3 is 15.8 Å². The summed E-state index contributed by atoms with van der Waals surface area (Å²) in [5.74, 6) is 0.553. The molecule has 18 heavy (non-hydrogen) atoms. The van der Waals surface area contributed by atoms with Gasteiger partial charge in [-0.25, -0.2) is 4.68 Å². The number of hydrogen-bond acceptors (Lipinski definition) is 4. The van der Waals surface area contributed by atoms with E-state index in [4.69, 9.17) is 10.5 Å². The maximum Gasteiger partial charge on any atom is 0.217 e. The van der Waals surface area contributed by atoms with Crippen LogP contribution < -0.4 is 15.8 Å². The number of amides is 1. The minimum atomic E-state index is -0.236. The van der Waals surface area contributed by atoms with Crippen molar-refractivity contribution in [2.45, 2.75) is 32.7 Å². The minimum Gasteiger partial charge on any atom is -0.481 e. The Balaban J connectivity index is 2.33. The van der Waals surface area contributed by atoms with Crippen LogP contribution in [0.1, 0.15) is 30.5 Å². The van der Waals surface area contributed by atoms with Gasteiger partial charge >= 0.3 is 0 Å². The van der Waals surface area contributed by atoms with Crippen molar-refractivity contribution in [3.63, 3.8) is 0 Å². The average molecular weight is 254 g/mol. The van der Waals surface area contributed by atoms with E-state index in [-0.39, 0.29) is 5.91 Å². The molecule has 1 rings (SSSR count). The van der Waals surface area contributed by atoms with Gasteiger partial charge in [0.2, 0.25) is 11.8 Å². The summed E-state index contributed by atoms with van der Waals surface area (Å²) in [4.78, 5) is 10.6. The molecule has 6 nitrogen and oxygen atoms in total. The molecule has 0 bridgehead atoms. The third kappa shape index (κ3) is 4.03. The van der Waals surface area contributed by atoms with Gasteiger partial charge in [0, 0.05) is 20.0 Å². The van der Waals surface area contributed by atoms with E-state index in [1.54, 1.807) is 11.8 Å². The average Bonchev–Trinajstić information content (AvgIpc) is 2.57. The number of carbonyl (C=O) groups excluding carboxylic acids is 1. The molecule has 0 aliphatic rings. The van der Waals surface area contributed by atoms with Crippen molar-refractivity contribution in [2.75, 3.05) is 13.7 Å². The number of nitrogens with two attached hydrogens (primary N) is 1. The highest BCUT2D eigenvalue weighted by Gasteiger charge is 2.12. The van der Waals surface area contributed by atoms with Gasteiger partial charge in [0.25, 0.3) is 0 Å². The second-order valence-corrected chi connectivity index (χ2v) is 4.30. The van der Waals surface area contributed by atoms with Gasteiger partial charge in [-0.3, -0.25) is 4.79 Å². The van der Waals surface area contributed by atoms with Gasteiger partial charge in [0.1, 0.15) is 0 Å². The van der Waals surface area contributed by atoms with E-state index < -0.39 is 0 Å². The number of nitrogens with zero attached hydrogens (tertiary/aromatic N) is 2. The van der Waals surface area contributed by atoms with Gasteiger partial charge in [-0.15, -0.1) is 0 Å². The molecule has 0 unspecified atom stereocenters. The van der Waals surface area contributed by atoms with Crippen molar-refractivity contribution in [2.24, 2.45) is 12.8 Å². The number of carbonyl (C=O) groups is 1. The molecule has 0 radical (unpaired) electrons. The molecule has 6 heteroatoms. The molecule has 1 heterocycles. The number of rotatable bonds is 8. The molecule has 0 saturated carbocycles. The first-order chi connectivity index (χ1) is 8.56. The van der Waals surface area contributed by atoms with E-state index in [9.17, 15) is 4.79 Å². The third-order valence-corrected chi connectivity index (χ3v) is 2.81. The molecule has 0 spiro atoms. The Labute approximate surface area is 107 Å². The molecule has 3 N–H and O–H groups in total. The third-order valence-electron chi connectivity index (χ3n) is 2.81. The predicted molar refractivity (Wildman–Crippen MR) is 69.2 cm³/mol. The van der Waals surface area contributed by atoms with E-state index >= 15 is 0 Å². The van der Waals surface area contributed by atoms with Crippen molar-refractivity contribution >= 4 is 5.91 Å². The Bertz CT molecular complexity index is 401. The lowest BCUT2D eigenvalue weighted by Gasteiger charge is -2.06.